The van der Waals surface area contributed by atoms with Crippen LogP contribution < -0.4 is 15.5 Å². The van der Waals surface area contributed by atoms with Gasteiger partial charge in [0.25, 0.3) is 5.91 Å². The van der Waals surface area contributed by atoms with Crippen LogP contribution in [0.25, 0.3) is 11.0 Å². The third kappa shape index (κ3) is 3.67. The fourth-order valence-corrected chi connectivity index (χ4v) is 3.06. The Morgan fingerprint density at radius 2 is 1.89 bits per heavy atom. The zero-order chi connectivity index (χ0) is 19.5. The second-order valence-electron chi connectivity index (χ2n) is 5.91. The number of ether oxygens (including phenoxy) is 1. The molecule has 2 heterocycles. The van der Waals surface area contributed by atoms with Gasteiger partial charge in [-0.25, -0.2) is 9.66 Å². The molecule has 0 bridgehead atoms. The van der Waals surface area contributed by atoms with Crippen molar-refractivity contribution >= 4 is 38.6 Å². The van der Waals surface area contributed by atoms with Crippen molar-refractivity contribution in [1.29, 1.82) is 0 Å². The van der Waals surface area contributed by atoms with Crippen molar-refractivity contribution in [1.82, 2.24) is 20.0 Å². The molecule has 0 aliphatic carbocycles. The molecule has 0 radical (unpaired) electrons. The Balaban J connectivity index is 1.63. The number of carbonyl (C=O) groups is 1. The highest BCUT2D eigenvalue weighted by molar-refractivity contribution is 9.10. The smallest absolute Gasteiger partial charge is 0.269 e. The third-order valence-electron chi connectivity index (χ3n) is 4.06. The van der Waals surface area contributed by atoms with Gasteiger partial charge in [0.15, 0.2) is 0 Å². The zero-order valence-corrected chi connectivity index (χ0v) is 16.5. The molecule has 0 saturated heterocycles. The molecule has 0 spiro atoms. The molecule has 7 nitrogen and oxygen atoms in total. The minimum absolute atomic E-state index is 0.267. The van der Waals surface area contributed by atoms with Crippen LogP contribution in [0.4, 0.5) is 5.69 Å². The molecule has 4 aromatic rings. The molecule has 28 heavy (non-hydrogen) atoms. The van der Waals surface area contributed by atoms with E-state index in [1.165, 1.54) is 6.20 Å². The number of aromatic nitrogens is 3. The Morgan fingerprint density at radius 1 is 1.07 bits per heavy atom. The first kappa shape index (κ1) is 18.0. The van der Waals surface area contributed by atoms with Gasteiger partial charge in [0.05, 0.1) is 16.7 Å². The topological polar surface area (TPSA) is 81.1 Å². The molecule has 1 amide bonds. The summed E-state index contributed by atoms with van der Waals surface area (Å²) in [5.74, 6) is 0.881. The largest absolute Gasteiger partial charge is 0.457 e. The van der Waals surface area contributed by atoms with Crippen LogP contribution in [0, 0.1) is 0 Å². The first-order valence-electron chi connectivity index (χ1n) is 8.49. The lowest BCUT2D eigenvalue weighted by molar-refractivity contribution is 0.0958. The van der Waals surface area contributed by atoms with Gasteiger partial charge in [-0.15, -0.1) is 0 Å². The molecule has 0 aliphatic heterocycles. The van der Waals surface area contributed by atoms with Crippen LogP contribution in [0.2, 0.25) is 0 Å². The predicted molar refractivity (Wildman–Crippen MR) is 111 cm³/mol. The Kier molecular flexibility index (Phi) is 4.94. The summed E-state index contributed by atoms with van der Waals surface area (Å²) in [6.07, 6.45) is 3.25. The molecule has 8 heteroatoms. The third-order valence-corrected chi connectivity index (χ3v) is 4.75. The summed E-state index contributed by atoms with van der Waals surface area (Å²) < 4.78 is 8.69. The van der Waals surface area contributed by atoms with Crippen molar-refractivity contribution < 1.29 is 9.53 Å². The molecule has 0 unspecified atom stereocenters. The Morgan fingerprint density at radius 3 is 2.71 bits per heavy atom. The molecule has 4 rings (SSSR count). The molecule has 0 saturated carbocycles. The summed E-state index contributed by atoms with van der Waals surface area (Å²) >= 11 is 3.53. The molecule has 2 N–H and O–H groups in total. The summed E-state index contributed by atoms with van der Waals surface area (Å²) in [5.41, 5.74) is 6.20. The van der Waals surface area contributed by atoms with E-state index < -0.39 is 0 Å². The quantitative estimate of drug-likeness (QED) is 0.488. The monoisotopic (exact) mass is 437 g/mol. The van der Waals surface area contributed by atoms with Gasteiger partial charge in [-0.1, -0.05) is 12.1 Å². The number of benzene rings is 2. The standard InChI is InChI=1S/C20H16BrN5O2/c1-22-20(27)18-10-14(8-9-23-18)28-13-6-7-17-19(11-13)26(12-24-17)25-16-5-3-2-4-15(16)21/h2-12,25H,1H3,(H,22,27). The van der Waals surface area contributed by atoms with Gasteiger partial charge in [0.1, 0.15) is 23.5 Å². The van der Waals surface area contributed by atoms with E-state index in [1.54, 1.807) is 25.5 Å². The van der Waals surface area contributed by atoms with Gasteiger partial charge >= 0.3 is 0 Å². The van der Waals surface area contributed by atoms with E-state index in [1.807, 2.05) is 47.1 Å². The second-order valence-corrected chi connectivity index (χ2v) is 6.77. The fourth-order valence-electron chi connectivity index (χ4n) is 2.68. The Hall–Kier alpha value is -3.39. The van der Waals surface area contributed by atoms with Crippen molar-refractivity contribution in [3.63, 3.8) is 0 Å². The van der Waals surface area contributed by atoms with Crippen LogP contribution in [-0.2, 0) is 0 Å². The van der Waals surface area contributed by atoms with Crippen molar-refractivity contribution in [2.75, 3.05) is 12.5 Å². The van der Waals surface area contributed by atoms with E-state index in [-0.39, 0.29) is 5.91 Å². The maximum atomic E-state index is 11.8. The van der Waals surface area contributed by atoms with Crippen molar-refractivity contribution in [3.8, 4) is 11.5 Å². The number of hydrogen-bond donors (Lipinski definition) is 2. The van der Waals surface area contributed by atoms with Crippen LogP contribution >= 0.6 is 15.9 Å². The molecule has 0 atom stereocenters. The molecular weight excluding hydrogens is 422 g/mol. The average molecular weight is 438 g/mol. The zero-order valence-electron chi connectivity index (χ0n) is 14.9. The summed E-state index contributed by atoms with van der Waals surface area (Å²) in [7, 11) is 1.56. The Bertz CT molecular complexity index is 1160. The van der Waals surface area contributed by atoms with Gasteiger partial charge < -0.3 is 10.1 Å². The highest BCUT2D eigenvalue weighted by Crippen LogP contribution is 2.27. The normalized spacial score (nSPS) is 10.6. The van der Waals surface area contributed by atoms with Crippen LogP contribution in [0.15, 0.2) is 71.6 Å². The number of imidazole rings is 1. The fraction of sp³-hybridized carbons (Fsp3) is 0.0500. The maximum Gasteiger partial charge on any atom is 0.269 e. The number of amides is 1. The number of pyridine rings is 1. The molecular formula is C20H16BrN5O2. The first-order chi connectivity index (χ1) is 13.6. The SMILES string of the molecule is CNC(=O)c1cc(Oc2ccc3ncn(Nc4ccccc4Br)c3c2)ccn1. The number of halogens is 1. The number of fused-ring (bicyclic) bond motifs is 1. The Labute approximate surface area is 169 Å². The van der Waals surface area contributed by atoms with Crippen LogP contribution in [-0.4, -0.2) is 27.6 Å². The van der Waals surface area contributed by atoms with Crippen molar-refractivity contribution in [3.05, 3.63) is 77.3 Å². The van der Waals surface area contributed by atoms with Gasteiger partial charge in [-0.3, -0.25) is 15.2 Å². The van der Waals surface area contributed by atoms with E-state index >= 15 is 0 Å². The van der Waals surface area contributed by atoms with E-state index in [4.69, 9.17) is 4.74 Å². The van der Waals surface area contributed by atoms with E-state index in [0.717, 1.165) is 21.2 Å². The first-order valence-corrected chi connectivity index (χ1v) is 9.28. The second kappa shape index (κ2) is 7.69. The lowest BCUT2D eigenvalue weighted by Crippen LogP contribution is -2.18. The summed E-state index contributed by atoms with van der Waals surface area (Å²) in [4.78, 5) is 20.2. The van der Waals surface area contributed by atoms with Crippen LogP contribution in [0.5, 0.6) is 11.5 Å². The van der Waals surface area contributed by atoms with Gasteiger partial charge in [-0.05, 0) is 46.3 Å². The van der Waals surface area contributed by atoms with E-state index in [0.29, 0.717) is 17.2 Å². The number of anilines is 1. The van der Waals surface area contributed by atoms with Crippen LogP contribution in [0.1, 0.15) is 10.5 Å². The summed E-state index contributed by atoms with van der Waals surface area (Å²) in [6, 6.07) is 16.7. The maximum absolute atomic E-state index is 11.8. The van der Waals surface area contributed by atoms with Gasteiger partial charge in [0.2, 0.25) is 0 Å². The lowest BCUT2D eigenvalue weighted by Gasteiger charge is -2.11. The minimum atomic E-state index is -0.267. The van der Waals surface area contributed by atoms with Gasteiger partial charge in [-0.2, -0.15) is 0 Å². The van der Waals surface area contributed by atoms with Crippen molar-refractivity contribution in [2.24, 2.45) is 0 Å². The number of carbonyl (C=O) groups excluding carboxylic acids is 1. The van der Waals surface area contributed by atoms with E-state index in [9.17, 15) is 4.79 Å². The molecule has 2 aromatic carbocycles. The molecule has 2 aromatic heterocycles. The number of para-hydroxylation sites is 1. The predicted octanol–water partition coefficient (Wildman–Crippen LogP) is 4.22. The lowest BCUT2D eigenvalue weighted by atomic mass is 10.3. The minimum Gasteiger partial charge on any atom is -0.457 e. The number of rotatable bonds is 5. The highest BCUT2D eigenvalue weighted by atomic mass is 79.9. The average Bonchev–Trinajstić information content (AvgIpc) is 3.11. The van der Waals surface area contributed by atoms with E-state index in [2.05, 4.69) is 36.6 Å². The summed E-state index contributed by atoms with van der Waals surface area (Å²) in [6.45, 7) is 0. The number of hydrogen-bond acceptors (Lipinski definition) is 5. The molecule has 140 valence electrons. The number of nitrogens with zero attached hydrogens (tertiary/aromatic N) is 3. The number of nitrogens with one attached hydrogen (secondary N) is 2. The van der Waals surface area contributed by atoms with Crippen molar-refractivity contribution in [2.45, 2.75) is 0 Å². The highest BCUT2D eigenvalue weighted by Gasteiger charge is 2.09. The molecule has 0 fully saturated rings. The van der Waals surface area contributed by atoms with Crippen LogP contribution in [0.3, 0.4) is 0 Å². The van der Waals surface area contributed by atoms with Gasteiger partial charge in [0, 0.05) is 29.8 Å². The summed E-state index contributed by atoms with van der Waals surface area (Å²) in [5, 5.41) is 2.55. The molecule has 0 aliphatic rings.